The number of hydrogen-bond donors (Lipinski definition) is 0. The number of nitrogens with zero attached hydrogens (tertiary/aromatic N) is 4. The summed E-state index contributed by atoms with van der Waals surface area (Å²) in [4.78, 5) is 7.82. The average molecular weight is 400 g/mol. The third-order valence-corrected chi connectivity index (χ3v) is 3.77. The fourth-order valence-corrected chi connectivity index (χ4v) is 3.02. The van der Waals surface area contributed by atoms with Gasteiger partial charge >= 0.3 is 6.18 Å². The molecule has 0 aliphatic heterocycles. The summed E-state index contributed by atoms with van der Waals surface area (Å²) in [5, 5.41) is 4.77. The van der Waals surface area contributed by atoms with Gasteiger partial charge in [-0.1, -0.05) is 11.6 Å². The molecule has 0 bridgehead atoms. The van der Waals surface area contributed by atoms with Gasteiger partial charge in [0.15, 0.2) is 0 Å². The first-order valence-corrected chi connectivity index (χ1v) is 7.04. The van der Waals surface area contributed by atoms with Gasteiger partial charge in [-0.2, -0.15) is 18.3 Å². The predicted octanol–water partition coefficient (Wildman–Crippen LogP) is 4.61. The van der Waals surface area contributed by atoms with Crippen LogP contribution >= 0.6 is 39.1 Å². The largest absolute Gasteiger partial charge is 0.408 e. The minimum absolute atomic E-state index is 0.0403. The van der Waals surface area contributed by atoms with Crippen LogP contribution in [0.25, 0.3) is 21.8 Å². The number of halogens is 6. The van der Waals surface area contributed by atoms with Crippen molar-refractivity contribution in [1.82, 2.24) is 19.7 Å². The molecule has 0 saturated heterocycles. The maximum Gasteiger partial charge on any atom is 0.408 e. The molecule has 0 N–H and O–H groups in total. The maximum atomic E-state index is 12.5. The number of fused-ring (bicyclic) bond motifs is 3. The van der Waals surface area contributed by atoms with E-state index in [4.69, 9.17) is 23.2 Å². The molecule has 2 heterocycles. The molecule has 21 heavy (non-hydrogen) atoms. The van der Waals surface area contributed by atoms with Crippen molar-refractivity contribution in [3.63, 3.8) is 0 Å². The summed E-state index contributed by atoms with van der Waals surface area (Å²) in [6.45, 7) is -1.19. The second kappa shape index (κ2) is 4.96. The summed E-state index contributed by atoms with van der Waals surface area (Å²) in [5.41, 5.74) is 0.769. The van der Waals surface area contributed by atoms with Crippen LogP contribution in [0.2, 0.25) is 10.4 Å². The van der Waals surface area contributed by atoms with Crippen LogP contribution in [-0.4, -0.2) is 25.9 Å². The molecule has 0 spiro atoms. The molecule has 2 aromatic heterocycles. The Morgan fingerprint density at radius 1 is 1.24 bits per heavy atom. The van der Waals surface area contributed by atoms with E-state index in [1.165, 1.54) is 6.20 Å². The minimum Gasteiger partial charge on any atom is -0.262 e. The Hall–Kier alpha value is -1.12. The molecule has 3 rings (SSSR count). The number of rotatable bonds is 1. The van der Waals surface area contributed by atoms with Crippen molar-refractivity contribution in [2.75, 3.05) is 0 Å². The molecule has 1 aromatic carbocycles. The molecule has 10 heteroatoms. The zero-order chi connectivity index (χ0) is 15.4. The fourth-order valence-electron chi connectivity index (χ4n) is 2.01. The smallest absolute Gasteiger partial charge is 0.262 e. The Kier molecular flexibility index (Phi) is 3.50. The number of benzene rings is 1. The highest BCUT2D eigenvalue weighted by Gasteiger charge is 2.29. The summed E-state index contributed by atoms with van der Waals surface area (Å²) >= 11 is 15.0. The first kappa shape index (κ1) is 14.8. The van der Waals surface area contributed by atoms with E-state index in [1.54, 1.807) is 6.07 Å². The number of alkyl halides is 3. The average Bonchev–Trinajstić information content (AvgIpc) is 2.69. The van der Waals surface area contributed by atoms with Gasteiger partial charge in [0.05, 0.1) is 5.52 Å². The molecule has 0 aliphatic carbocycles. The van der Waals surface area contributed by atoms with Crippen LogP contribution < -0.4 is 0 Å². The predicted molar refractivity (Wildman–Crippen MR) is 76.6 cm³/mol. The van der Waals surface area contributed by atoms with Crippen LogP contribution in [-0.2, 0) is 6.54 Å². The van der Waals surface area contributed by atoms with E-state index in [9.17, 15) is 13.2 Å². The molecule has 0 saturated carbocycles. The summed E-state index contributed by atoms with van der Waals surface area (Å²) in [5.74, 6) is 0. The number of aromatic nitrogens is 4. The van der Waals surface area contributed by atoms with Crippen LogP contribution in [0, 0.1) is 0 Å². The van der Waals surface area contributed by atoms with E-state index in [0.29, 0.717) is 26.3 Å². The second-order valence-electron chi connectivity index (χ2n) is 4.24. The zero-order valence-corrected chi connectivity index (χ0v) is 13.0. The molecule has 0 aliphatic rings. The van der Waals surface area contributed by atoms with Gasteiger partial charge < -0.3 is 0 Å². The second-order valence-corrected chi connectivity index (χ2v) is 5.79. The summed E-state index contributed by atoms with van der Waals surface area (Å²) in [6, 6.07) is 1.59. The monoisotopic (exact) mass is 398 g/mol. The quantitative estimate of drug-likeness (QED) is 0.443. The van der Waals surface area contributed by atoms with Crippen LogP contribution in [0.1, 0.15) is 0 Å². The Bertz CT molecular complexity index is 862. The molecule has 0 unspecified atom stereocenters. The molecule has 3 aromatic rings. The highest BCUT2D eigenvalue weighted by Crippen LogP contribution is 2.34. The van der Waals surface area contributed by atoms with Crippen molar-refractivity contribution in [3.8, 4) is 0 Å². The first-order chi connectivity index (χ1) is 9.74. The molecule has 0 radical (unpaired) electrons. The highest BCUT2D eigenvalue weighted by atomic mass is 79.9. The SMILES string of the molecule is FC(F)(F)Cn1cc2c(n1)c(Br)cc1nc(Cl)nc(Cl)c12. The Balaban J connectivity index is 2.33. The highest BCUT2D eigenvalue weighted by molar-refractivity contribution is 9.10. The standard InChI is InChI=1S/C11H4BrCl2F3N4/c12-5-1-6-7(9(13)19-10(14)18-6)4-2-21(20-8(4)5)3-11(15,16)17/h1-2H,3H2. The van der Waals surface area contributed by atoms with Crippen molar-refractivity contribution in [1.29, 1.82) is 0 Å². The Labute approximate surface area is 134 Å². The van der Waals surface area contributed by atoms with Gasteiger partial charge in [0.25, 0.3) is 0 Å². The molecule has 4 nitrogen and oxygen atoms in total. The lowest BCUT2D eigenvalue weighted by atomic mass is 10.2. The molecule has 0 atom stereocenters. The van der Waals surface area contributed by atoms with Gasteiger partial charge in [0, 0.05) is 21.4 Å². The van der Waals surface area contributed by atoms with Gasteiger partial charge in [-0.25, -0.2) is 9.97 Å². The Morgan fingerprint density at radius 3 is 2.62 bits per heavy atom. The lowest BCUT2D eigenvalue weighted by Crippen LogP contribution is -2.17. The molecular formula is C11H4BrCl2F3N4. The third-order valence-electron chi connectivity index (χ3n) is 2.73. The zero-order valence-electron chi connectivity index (χ0n) is 9.92. The molecule has 110 valence electrons. The van der Waals surface area contributed by atoms with Gasteiger partial charge in [-0.3, -0.25) is 4.68 Å². The van der Waals surface area contributed by atoms with Gasteiger partial charge in [-0.15, -0.1) is 0 Å². The maximum absolute atomic E-state index is 12.5. The Morgan fingerprint density at radius 2 is 1.95 bits per heavy atom. The van der Waals surface area contributed by atoms with Crippen molar-refractivity contribution in [3.05, 3.63) is 27.2 Å². The van der Waals surface area contributed by atoms with Crippen LogP contribution in [0.5, 0.6) is 0 Å². The number of hydrogen-bond acceptors (Lipinski definition) is 3. The van der Waals surface area contributed by atoms with Crippen LogP contribution in [0.15, 0.2) is 16.7 Å². The molecular weight excluding hydrogens is 396 g/mol. The van der Waals surface area contributed by atoms with E-state index in [2.05, 4.69) is 31.0 Å². The van der Waals surface area contributed by atoms with E-state index in [0.717, 1.165) is 4.68 Å². The van der Waals surface area contributed by atoms with Crippen LogP contribution in [0.3, 0.4) is 0 Å². The fraction of sp³-hybridized carbons (Fsp3) is 0.182. The van der Waals surface area contributed by atoms with E-state index in [1.807, 2.05) is 0 Å². The summed E-state index contributed by atoms with van der Waals surface area (Å²) in [7, 11) is 0. The van der Waals surface area contributed by atoms with Crippen LogP contribution in [0.4, 0.5) is 13.2 Å². The minimum atomic E-state index is -4.37. The van der Waals surface area contributed by atoms with Crippen molar-refractivity contribution in [2.24, 2.45) is 0 Å². The lowest BCUT2D eigenvalue weighted by Gasteiger charge is -2.04. The van der Waals surface area contributed by atoms with Crippen molar-refractivity contribution in [2.45, 2.75) is 12.7 Å². The van der Waals surface area contributed by atoms with E-state index < -0.39 is 12.7 Å². The van der Waals surface area contributed by atoms with E-state index >= 15 is 0 Å². The van der Waals surface area contributed by atoms with Gasteiger partial charge in [-0.05, 0) is 33.6 Å². The normalized spacial score (nSPS) is 12.5. The van der Waals surface area contributed by atoms with Gasteiger partial charge in [0.2, 0.25) is 5.28 Å². The van der Waals surface area contributed by atoms with E-state index in [-0.39, 0.29) is 10.4 Å². The molecule has 0 fully saturated rings. The van der Waals surface area contributed by atoms with Gasteiger partial charge in [0.1, 0.15) is 17.2 Å². The topological polar surface area (TPSA) is 43.6 Å². The van der Waals surface area contributed by atoms with Crippen molar-refractivity contribution >= 4 is 60.9 Å². The first-order valence-electron chi connectivity index (χ1n) is 5.50. The third kappa shape index (κ3) is 2.79. The lowest BCUT2D eigenvalue weighted by molar-refractivity contribution is -0.142. The molecule has 0 amide bonds. The summed E-state index contributed by atoms with van der Waals surface area (Å²) in [6.07, 6.45) is -3.10. The summed E-state index contributed by atoms with van der Waals surface area (Å²) < 4.78 is 38.7. The van der Waals surface area contributed by atoms with Crippen molar-refractivity contribution < 1.29 is 13.2 Å².